The summed E-state index contributed by atoms with van der Waals surface area (Å²) in [7, 11) is 0. The fourth-order valence-electron chi connectivity index (χ4n) is 3.05. The molecule has 3 aromatic carbocycles. The molecule has 0 aliphatic carbocycles. The third-order valence-corrected chi connectivity index (χ3v) is 4.71. The van der Waals surface area contributed by atoms with Crippen molar-refractivity contribution in [2.75, 3.05) is 5.32 Å². The van der Waals surface area contributed by atoms with Crippen LogP contribution in [0.2, 0.25) is 0 Å². The fourth-order valence-corrected chi connectivity index (χ4v) is 3.05. The van der Waals surface area contributed by atoms with Crippen LogP contribution in [0.4, 0.5) is 11.4 Å². The van der Waals surface area contributed by atoms with Crippen LogP contribution in [-0.4, -0.2) is 25.6 Å². The molecule has 1 heterocycles. The van der Waals surface area contributed by atoms with Gasteiger partial charge in [-0.3, -0.25) is 14.9 Å². The van der Waals surface area contributed by atoms with E-state index in [0.29, 0.717) is 11.5 Å². The van der Waals surface area contributed by atoms with Gasteiger partial charge >= 0.3 is 0 Å². The number of carbonyl (C=O) groups excluding carboxylic acids is 1. The molecular formula is C23H19N5O3. The Labute approximate surface area is 178 Å². The number of nitro groups is 1. The van der Waals surface area contributed by atoms with Crippen molar-refractivity contribution < 1.29 is 9.72 Å². The van der Waals surface area contributed by atoms with Gasteiger partial charge in [-0.05, 0) is 32.0 Å². The van der Waals surface area contributed by atoms with E-state index in [2.05, 4.69) is 15.4 Å². The Bertz CT molecular complexity index is 1200. The topological polar surface area (TPSA) is 103 Å². The molecule has 1 aromatic heterocycles. The number of rotatable bonds is 5. The molecule has 0 unspecified atom stereocenters. The first-order valence-corrected chi connectivity index (χ1v) is 9.58. The molecule has 8 heteroatoms. The third-order valence-electron chi connectivity index (χ3n) is 4.71. The minimum Gasteiger partial charge on any atom is -0.319 e. The van der Waals surface area contributed by atoms with E-state index in [-0.39, 0.29) is 11.5 Å². The summed E-state index contributed by atoms with van der Waals surface area (Å²) in [6, 6.07) is 21.2. The first-order valence-electron chi connectivity index (χ1n) is 9.58. The minimum absolute atomic E-state index is 0.0392. The summed E-state index contributed by atoms with van der Waals surface area (Å²) in [5.41, 5.74) is 3.97. The number of aromatic nitrogens is 3. The molecule has 31 heavy (non-hydrogen) atoms. The van der Waals surface area contributed by atoms with Crippen LogP contribution < -0.4 is 5.32 Å². The van der Waals surface area contributed by atoms with E-state index in [1.807, 2.05) is 62.4 Å². The van der Waals surface area contributed by atoms with Crippen molar-refractivity contribution in [2.45, 2.75) is 13.8 Å². The Hall–Kier alpha value is -4.33. The van der Waals surface area contributed by atoms with Crippen LogP contribution in [0.15, 0.2) is 72.8 Å². The molecule has 0 aliphatic heterocycles. The Kier molecular flexibility index (Phi) is 5.28. The zero-order chi connectivity index (χ0) is 22.0. The van der Waals surface area contributed by atoms with Gasteiger partial charge in [0.25, 0.3) is 11.6 Å². The van der Waals surface area contributed by atoms with Gasteiger partial charge in [-0.1, -0.05) is 53.6 Å². The molecule has 0 atom stereocenters. The van der Waals surface area contributed by atoms with Crippen LogP contribution in [0.3, 0.4) is 0 Å². The largest absolute Gasteiger partial charge is 0.319 e. The zero-order valence-electron chi connectivity index (χ0n) is 16.9. The smallest absolute Gasteiger partial charge is 0.295 e. The first kappa shape index (κ1) is 20.0. The molecule has 1 N–H and O–H groups in total. The maximum Gasteiger partial charge on any atom is 0.295 e. The molecule has 0 saturated carbocycles. The Morgan fingerprint density at radius 3 is 2.26 bits per heavy atom. The van der Waals surface area contributed by atoms with Gasteiger partial charge in [0.2, 0.25) is 5.82 Å². The molecule has 1 amide bonds. The Morgan fingerprint density at radius 2 is 1.61 bits per heavy atom. The number of carbonyl (C=O) groups is 1. The van der Waals surface area contributed by atoms with E-state index in [1.165, 1.54) is 18.2 Å². The number of nitrogens with one attached hydrogen (secondary N) is 1. The lowest BCUT2D eigenvalue weighted by Gasteiger charge is -2.06. The van der Waals surface area contributed by atoms with Crippen molar-refractivity contribution in [2.24, 2.45) is 0 Å². The highest BCUT2D eigenvalue weighted by Crippen LogP contribution is 2.23. The average molecular weight is 413 g/mol. The SMILES string of the molecule is Cc1ccc(-c2nc(C(=O)Nc3cccc([N+](=O)[O-])c3)nn2-c2ccc(C)cc2)cc1. The summed E-state index contributed by atoms with van der Waals surface area (Å²) in [4.78, 5) is 27.7. The lowest BCUT2D eigenvalue weighted by molar-refractivity contribution is -0.384. The van der Waals surface area contributed by atoms with Gasteiger partial charge in [0.15, 0.2) is 5.82 Å². The summed E-state index contributed by atoms with van der Waals surface area (Å²) in [5, 5.41) is 18.0. The highest BCUT2D eigenvalue weighted by Gasteiger charge is 2.19. The summed E-state index contributed by atoms with van der Waals surface area (Å²) in [6.07, 6.45) is 0. The quantitative estimate of drug-likeness (QED) is 0.377. The predicted octanol–water partition coefficient (Wildman–Crippen LogP) is 4.71. The molecule has 0 saturated heterocycles. The third kappa shape index (κ3) is 4.32. The number of non-ortho nitro benzene ring substituents is 1. The Morgan fingerprint density at radius 1 is 0.968 bits per heavy atom. The van der Waals surface area contributed by atoms with Gasteiger partial charge < -0.3 is 5.32 Å². The van der Waals surface area contributed by atoms with Crippen molar-refractivity contribution in [3.63, 3.8) is 0 Å². The van der Waals surface area contributed by atoms with Crippen molar-refractivity contribution >= 4 is 17.3 Å². The van der Waals surface area contributed by atoms with E-state index < -0.39 is 10.8 Å². The van der Waals surface area contributed by atoms with Crippen molar-refractivity contribution in [3.05, 3.63) is 99.9 Å². The van der Waals surface area contributed by atoms with E-state index in [4.69, 9.17) is 0 Å². The van der Waals surface area contributed by atoms with E-state index in [1.54, 1.807) is 10.7 Å². The number of nitrogens with zero attached hydrogens (tertiary/aromatic N) is 4. The lowest BCUT2D eigenvalue weighted by atomic mass is 10.1. The highest BCUT2D eigenvalue weighted by atomic mass is 16.6. The van der Waals surface area contributed by atoms with Gasteiger partial charge in [-0.2, -0.15) is 0 Å². The molecule has 4 rings (SSSR count). The molecule has 0 aliphatic rings. The van der Waals surface area contributed by atoms with E-state index >= 15 is 0 Å². The number of hydrogen-bond donors (Lipinski definition) is 1. The van der Waals surface area contributed by atoms with Gasteiger partial charge in [0, 0.05) is 23.4 Å². The molecule has 154 valence electrons. The zero-order valence-corrected chi connectivity index (χ0v) is 16.9. The summed E-state index contributed by atoms with van der Waals surface area (Å²) < 4.78 is 1.62. The predicted molar refractivity (Wildman–Crippen MR) is 117 cm³/mol. The van der Waals surface area contributed by atoms with Crippen molar-refractivity contribution in [1.29, 1.82) is 0 Å². The van der Waals surface area contributed by atoms with Gasteiger partial charge in [0.05, 0.1) is 10.6 Å². The normalized spacial score (nSPS) is 10.6. The highest BCUT2D eigenvalue weighted by molar-refractivity contribution is 6.02. The molecule has 0 bridgehead atoms. The van der Waals surface area contributed by atoms with Crippen molar-refractivity contribution in [1.82, 2.24) is 14.8 Å². The molecule has 0 spiro atoms. The van der Waals surface area contributed by atoms with Crippen LogP contribution >= 0.6 is 0 Å². The van der Waals surface area contributed by atoms with Crippen LogP contribution in [0.5, 0.6) is 0 Å². The standard InChI is InChI=1S/C23H19N5O3/c1-15-6-10-17(11-7-15)22-25-21(26-27(22)19-12-8-16(2)9-13-19)23(29)24-18-4-3-5-20(14-18)28(30)31/h3-14H,1-2H3,(H,24,29). The minimum atomic E-state index is -0.556. The summed E-state index contributed by atoms with van der Waals surface area (Å²) in [5.74, 6) is -0.0737. The van der Waals surface area contributed by atoms with E-state index in [9.17, 15) is 14.9 Å². The number of nitro benzene ring substituents is 1. The number of benzene rings is 3. The lowest BCUT2D eigenvalue weighted by Crippen LogP contribution is -2.14. The number of hydrogen-bond acceptors (Lipinski definition) is 5. The van der Waals surface area contributed by atoms with Crippen LogP contribution in [0, 0.1) is 24.0 Å². The number of anilines is 1. The summed E-state index contributed by atoms with van der Waals surface area (Å²) >= 11 is 0. The summed E-state index contributed by atoms with van der Waals surface area (Å²) in [6.45, 7) is 3.98. The molecular weight excluding hydrogens is 394 g/mol. The maximum atomic E-state index is 12.8. The average Bonchev–Trinajstić information content (AvgIpc) is 3.20. The fraction of sp³-hybridized carbons (Fsp3) is 0.0870. The van der Waals surface area contributed by atoms with Crippen LogP contribution in [0.1, 0.15) is 21.7 Å². The number of aryl methyl sites for hydroxylation is 2. The first-order chi connectivity index (χ1) is 14.9. The monoisotopic (exact) mass is 413 g/mol. The Balaban J connectivity index is 1.73. The second-order valence-corrected chi connectivity index (χ2v) is 7.13. The second kappa shape index (κ2) is 8.19. The van der Waals surface area contributed by atoms with Gasteiger partial charge in [0.1, 0.15) is 0 Å². The number of amides is 1. The molecule has 8 nitrogen and oxygen atoms in total. The van der Waals surface area contributed by atoms with Crippen molar-refractivity contribution in [3.8, 4) is 17.1 Å². The van der Waals surface area contributed by atoms with E-state index in [0.717, 1.165) is 22.4 Å². The molecule has 0 radical (unpaired) electrons. The second-order valence-electron chi connectivity index (χ2n) is 7.13. The van der Waals surface area contributed by atoms with Gasteiger partial charge in [-0.25, -0.2) is 9.67 Å². The maximum absolute atomic E-state index is 12.8. The molecule has 4 aromatic rings. The molecule has 0 fully saturated rings. The van der Waals surface area contributed by atoms with Crippen LogP contribution in [0.25, 0.3) is 17.1 Å². The van der Waals surface area contributed by atoms with Crippen LogP contribution in [-0.2, 0) is 0 Å². The van der Waals surface area contributed by atoms with Gasteiger partial charge in [-0.15, -0.1) is 5.10 Å².